The molecule has 1 aliphatic carbocycles. The summed E-state index contributed by atoms with van der Waals surface area (Å²) in [5.74, 6) is 1.01. The second-order valence-corrected chi connectivity index (χ2v) is 6.65. The molecule has 3 nitrogen and oxygen atoms in total. The number of carbonyl (C=O) groups excluding carboxylic acids is 1. The molecule has 1 saturated carbocycles. The van der Waals surface area contributed by atoms with Gasteiger partial charge in [0, 0.05) is 18.2 Å². The summed E-state index contributed by atoms with van der Waals surface area (Å²) in [6.45, 7) is 0. The molecule has 0 bridgehead atoms. The van der Waals surface area contributed by atoms with Crippen LogP contribution in [0, 0.1) is 5.92 Å². The summed E-state index contributed by atoms with van der Waals surface area (Å²) < 4.78 is 0. The Bertz CT molecular complexity index is 506. The van der Waals surface area contributed by atoms with Crippen LogP contribution in [0.4, 0.5) is 5.69 Å². The van der Waals surface area contributed by atoms with E-state index in [0.717, 1.165) is 24.4 Å². The van der Waals surface area contributed by atoms with Crippen LogP contribution >= 0.6 is 0 Å². The first-order chi connectivity index (χ1) is 10.2. The molecule has 0 saturated heterocycles. The summed E-state index contributed by atoms with van der Waals surface area (Å²) in [6.07, 6.45) is 10.8. The van der Waals surface area contributed by atoms with Crippen LogP contribution in [0.5, 0.6) is 0 Å². The molecule has 0 aromatic heterocycles. The molecule has 2 aliphatic rings. The minimum Gasteiger partial charge on any atom is -0.326 e. The lowest BCUT2D eigenvalue weighted by Gasteiger charge is -2.24. The predicted octanol–water partition coefficient (Wildman–Crippen LogP) is 3.93. The molecule has 1 aliphatic heterocycles. The Kier molecular flexibility index (Phi) is 4.59. The van der Waals surface area contributed by atoms with Crippen LogP contribution in [-0.2, 0) is 11.2 Å². The van der Waals surface area contributed by atoms with Crippen molar-refractivity contribution in [3.8, 4) is 0 Å². The fourth-order valence-electron chi connectivity index (χ4n) is 3.69. The van der Waals surface area contributed by atoms with Crippen molar-refractivity contribution in [1.82, 2.24) is 0 Å². The third-order valence-electron chi connectivity index (χ3n) is 5.06. The molecular weight excluding hydrogens is 260 g/mol. The van der Waals surface area contributed by atoms with Gasteiger partial charge in [0.05, 0.1) is 0 Å². The maximum atomic E-state index is 11.4. The van der Waals surface area contributed by atoms with Gasteiger partial charge in [-0.2, -0.15) is 0 Å². The van der Waals surface area contributed by atoms with Crippen LogP contribution in [0.1, 0.15) is 68.5 Å². The highest BCUT2D eigenvalue weighted by molar-refractivity contribution is 5.93. The normalized spacial score (nSPS) is 20.7. The van der Waals surface area contributed by atoms with Crippen molar-refractivity contribution < 1.29 is 4.79 Å². The quantitative estimate of drug-likeness (QED) is 0.881. The van der Waals surface area contributed by atoms with Crippen molar-refractivity contribution in [1.29, 1.82) is 0 Å². The second-order valence-electron chi connectivity index (χ2n) is 6.65. The Balaban J connectivity index is 1.59. The molecule has 3 rings (SSSR count). The lowest BCUT2D eigenvalue weighted by molar-refractivity contribution is -0.116. The Labute approximate surface area is 127 Å². The van der Waals surface area contributed by atoms with E-state index in [4.69, 9.17) is 5.73 Å². The number of hydrogen-bond donors (Lipinski definition) is 2. The lowest BCUT2D eigenvalue weighted by atomic mass is 9.84. The maximum absolute atomic E-state index is 11.4. The third-order valence-corrected chi connectivity index (χ3v) is 5.06. The van der Waals surface area contributed by atoms with Gasteiger partial charge < -0.3 is 11.1 Å². The van der Waals surface area contributed by atoms with Gasteiger partial charge in [-0.05, 0) is 42.4 Å². The summed E-state index contributed by atoms with van der Waals surface area (Å²) in [7, 11) is 0. The monoisotopic (exact) mass is 286 g/mol. The van der Waals surface area contributed by atoms with Gasteiger partial charge in [-0.15, -0.1) is 0 Å². The highest BCUT2D eigenvalue weighted by Gasteiger charge is 2.18. The van der Waals surface area contributed by atoms with Gasteiger partial charge in [-0.1, -0.05) is 44.2 Å². The first-order valence-corrected chi connectivity index (χ1v) is 8.40. The minimum absolute atomic E-state index is 0.122. The Morgan fingerprint density at radius 1 is 1.19 bits per heavy atom. The zero-order valence-electron chi connectivity index (χ0n) is 12.7. The summed E-state index contributed by atoms with van der Waals surface area (Å²) >= 11 is 0. The predicted molar refractivity (Wildman–Crippen MR) is 86.1 cm³/mol. The largest absolute Gasteiger partial charge is 0.326 e. The number of anilines is 1. The molecule has 1 aromatic carbocycles. The summed E-state index contributed by atoms with van der Waals surface area (Å²) in [5.41, 5.74) is 9.81. The highest BCUT2D eigenvalue weighted by atomic mass is 16.1. The van der Waals surface area contributed by atoms with Gasteiger partial charge in [-0.25, -0.2) is 0 Å². The van der Waals surface area contributed by atoms with E-state index in [1.54, 1.807) is 0 Å². The number of nitrogens with one attached hydrogen (secondary N) is 1. The van der Waals surface area contributed by atoms with Crippen LogP contribution in [0.2, 0.25) is 0 Å². The highest BCUT2D eigenvalue weighted by Crippen LogP contribution is 2.31. The number of amides is 1. The molecular formula is C18H26N2O. The summed E-state index contributed by atoms with van der Waals surface area (Å²) in [6, 6.07) is 6.42. The molecule has 0 radical (unpaired) electrons. The van der Waals surface area contributed by atoms with Crippen molar-refractivity contribution in [2.24, 2.45) is 11.7 Å². The fraction of sp³-hybridized carbons (Fsp3) is 0.611. The van der Waals surface area contributed by atoms with Gasteiger partial charge >= 0.3 is 0 Å². The van der Waals surface area contributed by atoms with Crippen LogP contribution < -0.4 is 11.1 Å². The van der Waals surface area contributed by atoms with E-state index in [2.05, 4.69) is 17.4 Å². The molecule has 3 heteroatoms. The smallest absolute Gasteiger partial charge is 0.224 e. The third kappa shape index (κ3) is 3.65. The van der Waals surface area contributed by atoms with E-state index < -0.39 is 0 Å². The number of fused-ring (bicyclic) bond motifs is 1. The number of hydrogen-bond acceptors (Lipinski definition) is 2. The molecule has 1 aromatic rings. The van der Waals surface area contributed by atoms with Crippen molar-refractivity contribution >= 4 is 11.6 Å². The molecule has 114 valence electrons. The zero-order chi connectivity index (χ0) is 14.7. The SMILES string of the molecule is NC(CCC1CCCCC1)c1ccc2c(c1)CCC(=O)N2. The number of aryl methyl sites for hydroxylation is 1. The van der Waals surface area contributed by atoms with Crippen molar-refractivity contribution in [2.45, 2.75) is 63.8 Å². The Hall–Kier alpha value is -1.35. The number of carbonyl (C=O) groups is 1. The zero-order valence-corrected chi connectivity index (χ0v) is 12.7. The van der Waals surface area contributed by atoms with Crippen LogP contribution in [0.3, 0.4) is 0 Å². The summed E-state index contributed by atoms with van der Waals surface area (Å²) in [4.78, 5) is 11.4. The first-order valence-electron chi connectivity index (χ1n) is 8.40. The van der Waals surface area contributed by atoms with Gasteiger partial charge in [0.25, 0.3) is 0 Å². The summed E-state index contributed by atoms with van der Waals surface area (Å²) in [5, 5.41) is 2.93. The van der Waals surface area contributed by atoms with E-state index in [-0.39, 0.29) is 11.9 Å². The molecule has 1 fully saturated rings. The number of benzene rings is 1. The molecule has 1 heterocycles. The molecule has 3 N–H and O–H groups in total. The first kappa shape index (κ1) is 14.6. The van der Waals surface area contributed by atoms with Gasteiger partial charge in [0.1, 0.15) is 0 Å². The standard InChI is InChI=1S/C18H26N2O/c19-16(9-6-13-4-2-1-3-5-13)14-7-10-17-15(12-14)8-11-18(21)20-17/h7,10,12-13,16H,1-6,8-9,11,19H2,(H,20,21). The van der Waals surface area contributed by atoms with E-state index in [9.17, 15) is 4.79 Å². The fourth-order valence-corrected chi connectivity index (χ4v) is 3.69. The number of rotatable bonds is 4. The molecule has 1 unspecified atom stereocenters. The van der Waals surface area contributed by atoms with E-state index in [0.29, 0.717) is 6.42 Å². The Morgan fingerprint density at radius 3 is 2.81 bits per heavy atom. The maximum Gasteiger partial charge on any atom is 0.224 e. The average molecular weight is 286 g/mol. The van der Waals surface area contributed by atoms with Crippen LogP contribution in [0.15, 0.2) is 18.2 Å². The van der Waals surface area contributed by atoms with Gasteiger partial charge in [0.15, 0.2) is 0 Å². The number of nitrogens with two attached hydrogens (primary N) is 1. The van der Waals surface area contributed by atoms with Crippen molar-refractivity contribution in [3.05, 3.63) is 29.3 Å². The topological polar surface area (TPSA) is 55.1 Å². The van der Waals surface area contributed by atoms with Crippen LogP contribution in [-0.4, -0.2) is 5.91 Å². The van der Waals surface area contributed by atoms with Gasteiger partial charge in [-0.3, -0.25) is 4.79 Å². The second kappa shape index (κ2) is 6.61. The van der Waals surface area contributed by atoms with Gasteiger partial charge in [0.2, 0.25) is 5.91 Å². The Morgan fingerprint density at radius 2 is 2.00 bits per heavy atom. The van der Waals surface area contributed by atoms with Crippen molar-refractivity contribution in [2.75, 3.05) is 5.32 Å². The van der Waals surface area contributed by atoms with E-state index in [1.165, 1.54) is 49.7 Å². The molecule has 1 amide bonds. The minimum atomic E-state index is 0.122. The average Bonchev–Trinajstić information content (AvgIpc) is 2.53. The van der Waals surface area contributed by atoms with E-state index in [1.807, 2.05) is 6.07 Å². The molecule has 21 heavy (non-hydrogen) atoms. The van der Waals surface area contributed by atoms with E-state index >= 15 is 0 Å². The van der Waals surface area contributed by atoms with Crippen LogP contribution in [0.25, 0.3) is 0 Å². The lowest BCUT2D eigenvalue weighted by Crippen LogP contribution is -2.20. The van der Waals surface area contributed by atoms with Crippen molar-refractivity contribution in [3.63, 3.8) is 0 Å². The molecule has 0 spiro atoms. The molecule has 1 atom stereocenters.